The second-order valence-electron chi connectivity index (χ2n) is 6.92. The van der Waals surface area contributed by atoms with Gasteiger partial charge in [-0.1, -0.05) is 12.1 Å². The van der Waals surface area contributed by atoms with Crippen LogP contribution < -0.4 is 15.5 Å². The zero-order valence-electron chi connectivity index (χ0n) is 16.6. The van der Waals surface area contributed by atoms with Crippen molar-refractivity contribution >= 4 is 33.2 Å². The van der Waals surface area contributed by atoms with Gasteiger partial charge in [0.25, 0.3) is 0 Å². The first kappa shape index (κ1) is 21.9. The van der Waals surface area contributed by atoms with Crippen LogP contribution in [0.15, 0.2) is 29.3 Å². The minimum atomic E-state index is -2.94. The lowest BCUT2D eigenvalue weighted by molar-refractivity contribution is 0.581. The smallest absolute Gasteiger partial charge is 0.191 e. The van der Waals surface area contributed by atoms with Crippen LogP contribution in [0.5, 0.6) is 0 Å². The molecule has 2 rings (SSSR count). The topological polar surface area (TPSA) is 73.8 Å². The number of benzene rings is 1. The Hall–Kier alpha value is -1.41. The van der Waals surface area contributed by atoms with Crippen molar-refractivity contribution in [1.29, 1.82) is 0 Å². The molecule has 6 nitrogen and oxygen atoms in total. The molecule has 8 heteroatoms. The van der Waals surface area contributed by atoms with Gasteiger partial charge in [-0.3, -0.25) is 0 Å². The first-order valence-corrected chi connectivity index (χ1v) is 12.7. The van der Waals surface area contributed by atoms with E-state index >= 15 is 0 Å². The average molecular weight is 413 g/mol. The number of nitrogens with zero attached hydrogens (tertiary/aromatic N) is 2. The fourth-order valence-electron chi connectivity index (χ4n) is 2.82. The molecule has 1 aromatic carbocycles. The SMILES string of the molecule is CCNC(=NCc1ccc(N2CCSCC2)cc1)NC(C)CCS(C)(=O)=O. The second-order valence-corrected chi connectivity index (χ2v) is 10.4. The molecule has 1 unspecified atom stereocenters. The molecule has 1 atom stereocenters. The maximum Gasteiger partial charge on any atom is 0.191 e. The van der Waals surface area contributed by atoms with Crippen molar-refractivity contribution in [2.75, 3.05) is 48.0 Å². The van der Waals surface area contributed by atoms with E-state index in [1.807, 2.05) is 25.6 Å². The largest absolute Gasteiger partial charge is 0.370 e. The summed E-state index contributed by atoms with van der Waals surface area (Å²) in [5.41, 5.74) is 2.44. The molecule has 152 valence electrons. The number of guanidine groups is 1. The van der Waals surface area contributed by atoms with Crippen LogP contribution in [-0.2, 0) is 16.4 Å². The molecule has 0 aliphatic carbocycles. The molecule has 2 N–H and O–H groups in total. The van der Waals surface area contributed by atoms with Crippen LogP contribution in [-0.4, -0.2) is 63.6 Å². The normalized spacial score (nSPS) is 16.9. The predicted octanol–water partition coefficient (Wildman–Crippen LogP) is 2.12. The van der Waals surface area contributed by atoms with E-state index in [2.05, 4.69) is 44.8 Å². The van der Waals surface area contributed by atoms with Crippen molar-refractivity contribution in [2.24, 2.45) is 4.99 Å². The molecule has 1 aromatic rings. The van der Waals surface area contributed by atoms with Crippen molar-refractivity contribution in [3.8, 4) is 0 Å². The zero-order valence-corrected chi connectivity index (χ0v) is 18.2. The third kappa shape index (κ3) is 8.43. The summed E-state index contributed by atoms with van der Waals surface area (Å²) in [5.74, 6) is 3.29. The summed E-state index contributed by atoms with van der Waals surface area (Å²) in [6, 6.07) is 8.66. The van der Waals surface area contributed by atoms with Crippen LogP contribution in [0, 0.1) is 0 Å². The van der Waals surface area contributed by atoms with Gasteiger partial charge in [0.2, 0.25) is 0 Å². The molecule has 0 bridgehead atoms. The van der Waals surface area contributed by atoms with E-state index in [1.54, 1.807) is 0 Å². The Balaban J connectivity index is 1.91. The lowest BCUT2D eigenvalue weighted by Crippen LogP contribution is -2.42. The van der Waals surface area contributed by atoms with Gasteiger partial charge in [0, 0.05) is 49.1 Å². The molecule has 1 aliphatic heterocycles. The van der Waals surface area contributed by atoms with Crippen LogP contribution in [0.2, 0.25) is 0 Å². The Morgan fingerprint density at radius 3 is 2.52 bits per heavy atom. The van der Waals surface area contributed by atoms with E-state index in [4.69, 9.17) is 0 Å². The highest BCUT2D eigenvalue weighted by Crippen LogP contribution is 2.20. The van der Waals surface area contributed by atoms with Gasteiger partial charge >= 0.3 is 0 Å². The van der Waals surface area contributed by atoms with Gasteiger partial charge < -0.3 is 15.5 Å². The summed E-state index contributed by atoms with van der Waals surface area (Å²) >= 11 is 2.02. The quantitative estimate of drug-likeness (QED) is 0.503. The molecule has 0 amide bonds. The number of hydrogen-bond donors (Lipinski definition) is 2. The number of rotatable bonds is 8. The first-order chi connectivity index (χ1) is 12.9. The van der Waals surface area contributed by atoms with E-state index in [-0.39, 0.29) is 11.8 Å². The molecule has 1 aliphatic rings. The Kier molecular flexibility index (Phi) is 8.76. The monoisotopic (exact) mass is 412 g/mol. The number of aliphatic imine (C=N–C) groups is 1. The fraction of sp³-hybridized carbons (Fsp3) is 0.632. The van der Waals surface area contributed by atoms with Crippen LogP contribution in [0.25, 0.3) is 0 Å². The molecule has 1 saturated heterocycles. The van der Waals surface area contributed by atoms with Gasteiger partial charge in [0.15, 0.2) is 5.96 Å². The summed E-state index contributed by atoms with van der Waals surface area (Å²) in [6.45, 7) is 7.57. The number of sulfone groups is 1. The summed E-state index contributed by atoms with van der Waals surface area (Å²) in [5, 5.41) is 6.51. The number of thioether (sulfide) groups is 1. The minimum absolute atomic E-state index is 0.0388. The highest BCUT2D eigenvalue weighted by Gasteiger charge is 2.11. The Morgan fingerprint density at radius 1 is 1.26 bits per heavy atom. The summed E-state index contributed by atoms with van der Waals surface area (Å²) in [4.78, 5) is 7.07. The van der Waals surface area contributed by atoms with Gasteiger partial charge in [-0.15, -0.1) is 0 Å². The molecule has 0 saturated carbocycles. The van der Waals surface area contributed by atoms with Crippen molar-refractivity contribution in [1.82, 2.24) is 10.6 Å². The number of anilines is 1. The third-order valence-electron chi connectivity index (χ3n) is 4.38. The highest BCUT2D eigenvalue weighted by molar-refractivity contribution is 7.99. The Morgan fingerprint density at radius 2 is 1.93 bits per heavy atom. The summed E-state index contributed by atoms with van der Waals surface area (Å²) in [6.07, 6.45) is 1.83. The van der Waals surface area contributed by atoms with E-state index in [1.165, 1.54) is 23.4 Å². The Labute approximate surface area is 168 Å². The number of hydrogen-bond acceptors (Lipinski definition) is 5. The van der Waals surface area contributed by atoms with Crippen molar-refractivity contribution < 1.29 is 8.42 Å². The van der Waals surface area contributed by atoms with Crippen LogP contribution in [0.1, 0.15) is 25.8 Å². The minimum Gasteiger partial charge on any atom is -0.370 e. The van der Waals surface area contributed by atoms with Gasteiger partial charge in [0.05, 0.1) is 12.3 Å². The van der Waals surface area contributed by atoms with E-state index < -0.39 is 9.84 Å². The zero-order chi connectivity index (χ0) is 19.7. The second kappa shape index (κ2) is 10.8. The van der Waals surface area contributed by atoms with Gasteiger partial charge in [-0.25, -0.2) is 13.4 Å². The molecule has 1 heterocycles. The van der Waals surface area contributed by atoms with Gasteiger partial charge in [0.1, 0.15) is 9.84 Å². The van der Waals surface area contributed by atoms with Crippen LogP contribution in [0.4, 0.5) is 5.69 Å². The summed E-state index contributed by atoms with van der Waals surface area (Å²) < 4.78 is 22.6. The van der Waals surface area contributed by atoms with E-state index in [0.29, 0.717) is 13.0 Å². The molecular weight excluding hydrogens is 380 g/mol. The Bertz CT molecular complexity index is 699. The maximum absolute atomic E-state index is 11.3. The first-order valence-electron chi connectivity index (χ1n) is 9.51. The van der Waals surface area contributed by atoms with Gasteiger partial charge in [-0.2, -0.15) is 11.8 Å². The highest BCUT2D eigenvalue weighted by atomic mass is 32.2. The number of nitrogens with one attached hydrogen (secondary N) is 2. The third-order valence-corrected chi connectivity index (χ3v) is 6.30. The molecule has 0 spiro atoms. The molecule has 27 heavy (non-hydrogen) atoms. The molecule has 0 radical (unpaired) electrons. The van der Waals surface area contributed by atoms with Crippen LogP contribution in [0.3, 0.4) is 0 Å². The predicted molar refractivity (Wildman–Crippen MR) is 118 cm³/mol. The molecule has 0 aromatic heterocycles. The average Bonchev–Trinajstić information content (AvgIpc) is 2.65. The lowest BCUT2D eigenvalue weighted by atomic mass is 10.2. The van der Waals surface area contributed by atoms with E-state index in [9.17, 15) is 8.42 Å². The van der Waals surface area contributed by atoms with Crippen molar-refractivity contribution in [3.05, 3.63) is 29.8 Å². The van der Waals surface area contributed by atoms with Crippen LogP contribution >= 0.6 is 11.8 Å². The van der Waals surface area contributed by atoms with Crippen molar-refractivity contribution in [3.63, 3.8) is 0 Å². The molecule has 1 fully saturated rings. The summed E-state index contributed by atoms with van der Waals surface area (Å²) in [7, 11) is -2.94. The van der Waals surface area contributed by atoms with E-state index in [0.717, 1.165) is 31.2 Å². The fourth-order valence-corrected chi connectivity index (χ4v) is 4.51. The lowest BCUT2D eigenvalue weighted by Gasteiger charge is -2.28. The standard InChI is InChI=1S/C19H32N4O2S2/c1-4-20-19(22-16(2)9-14-27(3,24)25)21-15-17-5-7-18(8-6-17)23-10-12-26-13-11-23/h5-8,16H,4,9-15H2,1-3H3,(H2,20,21,22). The maximum atomic E-state index is 11.3. The molecular formula is C19H32N4O2S2. The van der Waals surface area contributed by atoms with Crippen molar-refractivity contribution in [2.45, 2.75) is 32.9 Å². The van der Waals surface area contributed by atoms with Gasteiger partial charge in [-0.05, 0) is 38.0 Å².